The van der Waals surface area contributed by atoms with Gasteiger partial charge in [0.05, 0.1) is 18.4 Å². The predicted octanol–water partition coefficient (Wildman–Crippen LogP) is 2.80. The fourth-order valence-electron chi connectivity index (χ4n) is 2.45. The molecule has 1 amide bonds. The lowest BCUT2D eigenvalue weighted by molar-refractivity contribution is 0.0694. The van der Waals surface area contributed by atoms with Crippen LogP contribution in [-0.2, 0) is 5.41 Å². The van der Waals surface area contributed by atoms with E-state index in [0.29, 0.717) is 12.2 Å². The SMILES string of the molecule is COc1cccc(C(C)(C)CNC(=O)c2ccc(C(=O)O)c(C)n2)c1. The van der Waals surface area contributed by atoms with Gasteiger partial charge in [-0.25, -0.2) is 9.78 Å². The Morgan fingerprint density at radius 3 is 2.56 bits per heavy atom. The molecule has 132 valence electrons. The van der Waals surface area contributed by atoms with Crippen LogP contribution in [0.15, 0.2) is 36.4 Å². The Hall–Kier alpha value is -2.89. The minimum Gasteiger partial charge on any atom is -0.497 e. The molecule has 0 spiro atoms. The van der Waals surface area contributed by atoms with E-state index in [1.165, 1.54) is 12.1 Å². The Labute approximate surface area is 146 Å². The van der Waals surface area contributed by atoms with E-state index >= 15 is 0 Å². The average Bonchev–Trinajstić information content (AvgIpc) is 2.59. The van der Waals surface area contributed by atoms with Crippen LogP contribution in [0.25, 0.3) is 0 Å². The van der Waals surface area contributed by atoms with E-state index in [2.05, 4.69) is 10.3 Å². The van der Waals surface area contributed by atoms with Gasteiger partial charge in [-0.2, -0.15) is 0 Å². The molecule has 0 unspecified atom stereocenters. The number of rotatable bonds is 6. The van der Waals surface area contributed by atoms with Crippen LogP contribution in [-0.4, -0.2) is 35.6 Å². The second-order valence-corrected chi connectivity index (χ2v) is 6.43. The fourth-order valence-corrected chi connectivity index (χ4v) is 2.45. The lowest BCUT2D eigenvalue weighted by atomic mass is 9.84. The normalized spacial score (nSPS) is 11.0. The minimum absolute atomic E-state index is 0.0910. The standard InChI is InChI=1S/C19H22N2O4/c1-12-15(18(23)24)8-9-16(21-12)17(22)20-11-19(2,3)13-6-5-7-14(10-13)25-4/h5-10H,11H2,1-4H3,(H,20,22)(H,23,24). The molecular formula is C19H22N2O4. The maximum absolute atomic E-state index is 12.3. The summed E-state index contributed by atoms with van der Waals surface area (Å²) in [5.41, 5.74) is 1.34. The van der Waals surface area contributed by atoms with Gasteiger partial charge in [0.2, 0.25) is 0 Å². The van der Waals surface area contributed by atoms with Gasteiger partial charge in [0.1, 0.15) is 11.4 Å². The van der Waals surface area contributed by atoms with Crippen LogP contribution in [0.1, 0.15) is 46.0 Å². The number of carbonyl (C=O) groups is 2. The van der Waals surface area contributed by atoms with E-state index in [0.717, 1.165) is 11.3 Å². The number of carbonyl (C=O) groups excluding carboxylic acids is 1. The Bertz CT molecular complexity index is 800. The summed E-state index contributed by atoms with van der Waals surface area (Å²) in [6, 6.07) is 10.5. The number of nitrogens with one attached hydrogen (secondary N) is 1. The van der Waals surface area contributed by atoms with Gasteiger partial charge in [-0.3, -0.25) is 4.79 Å². The van der Waals surface area contributed by atoms with E-state index in [4.69, 9.17) is 9.84 Å². The maximum atomic E-state index is 12.3. The lowest BCUT2D eigenvalue weighted by Crippen LogP contribution is -2.37. The number of aryl methyl sites for hydroxylation is 1. The molecule has 0 aliphatic rings. The summed E-state index contributed by atoms with van der Waals surface area (Å²) in [6.07, 6.45) is 0. The fraction of sp³-hybridized carbons (Fsp3) is 0.316. The summed E-state index contributed by atoms with van der Waals surface area (Å²) >= 11 is 0. The molecule has 0 bridgehead atoms. The van der Waals surface area contributed by atoms with Crippen LogP contribution in [0.5, 0.6) is 5.75 Å². The first kappa shape index (κ1) is 18.4. The second-order valence-electron chi connectivity index (χ2n) is 6.43. The molecule has 6 heteroatoms. The molecule has 0 saturated carbocycles. The van der Waals surface area contributed by atoms with Gasteiger partial charge in [-0.1, -0.05) is 26.0 Å². The number of aromatic carboxylic acids is 1. The molecular weight excluding hydrogens is 320 g/mol. The van der Waals surface area contributed by atoms with Crippen LogP contribution in [0.3, 0.4) is 0 Å². The highest BCUT2D eigenvalue weighted by Crippen LogP contribution is 2.25. The number of ether oxygens (including phenoxy) is 1. The first-order chi connectivity index (χ1) is 11.7. The molecule has 1 aromatic heterocycles. The summed E-state index contributed by atoms with van der Waals surface area (Å²) in [6.45, 7) is 6.02. The highest BCUT2D eigenvalue weighted by Gasteiger charge is 2.23. The summed E-state index contributed by atoms with van der Waals surface area (Å²) in [5.74, 6) is -0.634. The topological polar surface area (TPSA) is 88.5 Å². The number of amides is 1. The molecule has 2 rings (SSSR count). The van der Waals surface area contributed by atoms with Gasteiger partial charge in [0, 0.05) is 12.0 Å². The molecule has 0 atom stereocenters. The Morgan fingerprint density at radius 2 is 1.96 bits per heavy atom. The summed E-state index contributed by atoms with van der Waals surface area (Å²) in [5, 5.41) is 11.9. The molecule has 25 heavy (non-hydrogen) atoms. The number of pyridine rings is 1. The first-order valence-corrected chi connectivity index (χ1v) is 7.88. The van der Waals surface area contributed by atoms with Crippen molar-refractivity contribution in [3.8, 4) is 5.75 Å². The van der Waals surface area contributed by atoms with Crippen molar-refractivity contribution in [3.05, 3.63) is 58.9 Å². The smallest absolute Gasteiger partial charge is 0.337 e. The Balaban J connectivity index is 2.10. The van der Waals surface area contributed by atoms with Crippen molar-refractivity contribution >= 4 is 11.9 Å². The van der Waals surface area contributed by atoms with Crippen LogP contribution in [0, 0.1) is 6.92 Å². The van der Waals surface area contributed by atoms with E-state index in [9.17, 15) is 9.59 Å². The third kappa shape index (κ3) is 4.35. The van der Waals surface area contributed by atoms with Crippen LogP contribution >= 0.6 is 0 Å². The minimum atomic E-state index is -1.06. The van der Waals surface area contributed by atoms with Crippen molar-refractivity contribution in [1.82, 2.24) is 10.3 Å². The maximum Gasteiger partial charge on any atom is 0.337 e. The van der Waals surface area contributed by atoms with Gasteiger partial charge < -0.3 is 15.2 Å². The highest BCUT2D eigenvalue weighted by atomic mass is 16.5. The number of hydrogen-bond donors (Lipinski definition) is 2. The second kappa shape index (κ2) is 7.34. The number of hydrogen-bond acceptors (Lipinski definition) is 4. The van der Waals surface area contributed by atoms with Crippen molar-refractivity contribution in [2.24, 2.45) is 0 Å². The number of methoxy groups -OCH3 is 1. The van der Waals surface area contributed by atoms with Gasteiger partial charge in [-0.15, -0.1) is 0 Å². The van der Waals surface area contributed by atoms with E-state index < -0.39 is 5.97 Å². The summed E-state index contributed by atoms with van der Waals surface area (Å²) < 4.78 is 5.24. The van der Waals surface area contributed by atoms with Crippen molar-refractivity contribution in [2.75, 3.05) is 13.7 Å². The van der Waals surface area contributed by atoms with Crippen LogP contribution in [0.4, 0.5) is 0 Å². The zero-order chi connectivity index (χ0) is 18.6. The monoisotopic (exact) mass is 342 g/mol. The molecule has 0 fully saturated rings. The molecule has 0 aliphatic heterocycles. The molecule has 0 saturated heterocycles. The van der Waals surface area contributed by atoms with E-state index in [1.54, 1.807) is 14.0 Å². The molecule has 0 aliphatic carbocycles. The zero-order valence-corrected chi connectivity index (χ0v) is 14.8. The van der Waals surface area contributed by atoms with Gasteiger partial charge in [0.15, 0.2) is 0 Å². The Morgan fingerprint density at radius 1 is 1.24 bits per heavy atom. The van der Waals surface area contributed by atoms with E-state index in [1.807, 2.05) is 38.1 Å². The highest BCUT2D eigenvalue weighted by molar-refractivity contribution is 5.94. The van der Waals surface area contributed by atoms with Gasteiger partial charge in [-0.05, 0) is 36.8 Å². The third-order valence-electron chi connectivity index (χ3n) is 4.09. The number of aromatic nitrogens is 1. The average molecular weight is 342 g/mol. The van der Waals surface area contributed by atoms with Crippen LogP contribution < -0.4 is 10.1 Å². The number of carboxylic acid groups (broad SMARTS) is 1. The first-order valence-electron chi connectivity index (χ1n) is 7.88. The summed E-state index contributed by atoms with van der Waals surface area (Å²) in [4.78, 5) is 27.4. The lowest BCUT2D eigenvalue weighted by Gasteiger charge is -2.26. The van der Waals surface area contributed by atoms with Crippen molar-refractivity contribution in [1.29, 1.82) is 0 Å². The Kier molecular flexibility index (Phi) is 5.41. The van der Waals surface area contributed by atoms with Crippen molar-refractivity contribution in [2.45, 2.75) is 26.2 Å². The van der Waals surface area contributed by atoms with Crippen molar-refractivity contribution < 1.29 is 19.4 Å². The van der Waals surface area contributed by atoms with Crippen molar-refractivity contribution in [3.63, 3.8) is 0 Å². The quantitative estimate of drug-likeness (QED) is 0.843. The summed E-state index contributed by atoms with van der Waals surface area (Å²) in [7, 11) is 1.61. The molecule has 2 aromatic rings. The zero-order valence-electron chi connectivity index (χ0n) is 14.8. The molecule has 1 heterocycles. The van der Waals surface area contributed by atoms with E-state index in [-0.39, 0.29) is 22.6 Å². The van der Waals surface area contributed by atoms with Crippen LogP contribution in [0.2, 0.25) is 0 Å². The predicted molar refractivity (Wildman–Crippen MR) is 94.3 cm³/mol. The molecule has 1 aromatic carbocycles. The largest absolute Gasteiger partial charge is 0.497 e. The number of benzene rings is 1. The molecule has 2 N–H and O–H groups in total. The van der Waals surface area contributed by atoms with Gasteiger partial charge in [0.25, 0.3) is 5.91 Å². The number of carboxylic acids is 1. The van der Waals surface area contributed by atoms with Gasteiger partial charge >= 0.3 is 5.97 Å². The molecule has 6 nitrogen and oxygen atoms in total. The number of nitrogens with zero attached hydrogens (tertiary/aromatic N) is 1. The third-order valence-corrected chi connectivity index (χ3v) is 4.09. The molecule has 0 radical (unpaired) electrons.